The van der Waals surface area contributed by atoms with Crippen LogP contribution in [0.5, 0.6) is 5.75 Å². The van der Waals surface area contributed by atoms with Gasteiger partial charge in [-0.05, 0) is 49.1 Å². The van der Waals surface area contributed by atoms with Crippen LogP contribution in [0.2, 0.25) is 0 Å². The van der Waals surface area contributed by atoms with E-state index in [1.54, 1.807) is 19.5 Å². The first kappa shape index (κ1) is 18.6. The normalized spacial score (nSPS) is 18.2. The van der Waals surface area contributed by atoms with E-state index in [1.807, 2.05) is 12.1 Å². The molecule has 2 aromatic rings. The maximum absolute atomic E-state index is 9.53. The maximum atomic E-state index is 9.53. The second-order valence-corrected chi connectivity index (χ2v) is 6.81. The molecular formula is C20H28N4O2. The predicted octanol–water partition coefficient (Wildman–Crippen LogP) is 2.18. The van der Waals surface area contributed by atoms with Crippen LogP contribution in [0, 0.1) is 13.8 Å². The number of nitrogens with zero attached hydrogens (tertiary/aromatic N) is 4. The average molecular weight is 356 g/mol. The number of aliphatic hydroxyl groups excluding tert-OH is 1. The molecule has 1 aliphatic heterocycles. The monoisotopic (exact) mass is 356 g/mol. The zero-order chi connectivity index (χ0) is 18.5. The summed E-state index contributed by atoms with van der Waals surface area (Å²) < 4.78 is 5.43. The molecule has 0 aliphatic carbocycles. The lowest BCUT2D eigenvalue weighted by Gasteiger charge is -2.41. The maximum Gasteiger partial charge on any atom is 0.225 e. The van der Waals surface area contributed by atoms with Crippen LogP contribution >= 0.6 is 0 Å². The predicted molar refractivity (Wildman–Crippen MR) is 103 cm³/mol. The van der Waals surface area contributed by atoms with Crippen molar-refractivity contribution in [1.82, 2.24) is 14.9 Å². The lowest BCUT2D eigenvalue weighted by Crippen LogP contribution is -2.53. The zero-order valence-electron chi connectivity index (χ0n) is 15.9. The van der Waals surface area contributed by atoms with Crippen molar-refractivity contribution < 1.29 is 9.84 Å². The van der Waals surface area contributed by atoms with E-state index in [-0.39, 0.29) is 12.6 Å². The van der Waals surface area contributed by atoms with E-state index in [2.05, 4.69) is 39.7 Å². The van der Waals surface area contributed by atoms with Gasteiger partial charge in [0, 0.05) is 51.2 Å². The molecule has 0 unspecified atom stereocenters. The van der Waals surface area contributed by atoms with E-state index < -0.39 is 0 Å². The lowest BCUT2D eigenvalue weighted by atomic mass is 10.00. The number of anilines is 1. The van der Waals surface area contributed by atoms with Crippen LogP contribution in [0.25, 0.3) is 0 Å². The number of rotatable bonds is 6. The first-order chi connectivity index (χ1) is 12.6. The average Bonchev–Trinajstić information content (AvgIpc) is 2.68. The van der Waals surface area contributed by atoms with Gasteiger partial charge in [0.15, 0.2) is 0 Å². The van der Waals surface area contributed by atoms with Crippen molar-refractivity contribution in [3.8, 4) is 5.75 Å². The third-order valence-electron chi connectivity index (χ3n) is 5.34. The van der Waals surface area contributed by atoms with Crippen LogP contribution in [0.4, 0.5) is 5.95 Å². The minimum atomic E-state index is 0.186. The highest BCUT2D eigenvalue weighted by Gasteiger charge is 2.28. The summed E-state index contributed by atoms with van der Waals surface area (Å²) in [5.41, 5.74) is 3.79. The molecule has 1 aromatic carbocycles. The Balaban J connectivity index is 1.75. The highest BCUT2D eigenvalue weighted by atomic mass is 16.5. The van der Waals surface area contributed by atoms with Crippen molar-refractivity contribution in [2.75, 3.05) is 38.3 Å². The van der Waals surface area contributed by atoms with E-state index >= 15 is 0 Å². The van der Waals surface area contributed by atoms with Crippen LogP contribution in [-0.2, 0) is 6.54 Å². The van der Waals surface area contributed by atoms with Gasteiger partial charge in [-0.2, -0.15) is 0 Å². The summed E-state index contributed by atoms with van der Waals surface area (Å²) >= 11 is 0. The van der Waals surface area contributed by atoms with Gasteiger partial charge in [-0.15, -0.1) is 0 Å². The van der Waals surface area contributed by atoms with Gasteiger partial charge in [0.05, 0.1) is 7.11 Å². The summed E-state index contributed by atoms with van der Waals surface area (Å²) in [5.74, 6) is 1.70. The highest BCUT2D eigenvalue weighted by Crippen LogP contribution is 2.26. The third-order valence-corrected chi connectivity index (χ3v) is 5.34. The minimum absolute atomic E-state index is 0.186. The first-order valence-electron chi connectivity index (χ1n) is 9.14. The van der Waals surface area contributed by atoms with Crippen LogP contribution in [-0.4, -0.2) is 59.4 Å². The molecule has 140 valence electrons. The molecule has 26 heavy (non-hydrogen) atoms. The SMILES string of the molecule is COc1ccc(CN2CCN(c3ncccn3)C[C@@H]2CCO)c(C)c1C. The molecule has 0 spiro atoms. The molecule has 1 aromatic heterocycles. The Morgan fingerprint density at radius 3 is 2.62 bits per heavy atom. The molecule has 0 bridgehead atoms. The summed E-state index contributed by atoms with van der Waals surface area (Å²) in [6, 6.07) is 6.32. The molecule has 1 N–H and O–H groups in total. The molecule has 0 amide bonds. The number of benzene rings is 1. The molecule has 6 nitrogen and oxygen atoms in total. The standard InChI is InChI=1S/C20H28N4O2/c1-15-16(2)19(26-3)6-5-17(15)13-23-10-11-24(14-18(23)7-12-25)20-21-8-4-9-22-20/h4-6,8-9,18,25H,7,10-14H2,1-3H3/t18-/m0/s1. The Hall–Kier alpha value is -2.18. The Kier molecular flexibility index (Phi) is 6.06. The molecule has 1 aliphatic rings. The molecule has 0 radical (unpaired) electrons. The number of aromatic nitrogens is 2. The van der Waals surface area contributed by atoms with Crippen molar-refractivity contribution in [3.05, 3.63) is 47.3 Å². The largest absolute Gasteiger partial charge is 0.496 e. The Morgan fingerprint density at radius 2 is 1.92 bits per heavy atom. The molecule has 1 atom stereocenters. The van der Waals surface area contributed by atoms with Crippen molar-refractivity contribution in [2.45, 2.75) is 32.9 Å². The Labute approximate surface area is 155 Å². The van der Waals surface area contributed by atoms with Crippen molar-refractivity contribution in [3.63, 3.8) is 0 Å². The van der Waals surface area contributed by atoms with Crippen molar-refractivity contribution in [1.29, 1.82) is 0 Å². The fraction of sp³-hybridized carbons (Fsp3) is 0.500. The molecule has 3 rings (SSSR count). The minimum Gasteiger partial charge on any atom is -0.496 e. The van der Waals surface area contributed by atoms with E-state index in [0.29, 0.717) is 0 Å². The van der Waals surface area contributed by atoms with E-state index in [0.717, 1.165) is 44.3 Å². The van der Waals surface area contributed by atoms with Gasteiger partial charge in [-0.25, -0.2) is 9.97 Å². The van der Waals surface area contributed by atoms with Crippen LogP contribution in [0.3, 0.4) is 0 Å². The quantitative estimate of drug-likeness (QED) is 0.856. The van der Waals surface area contributed by atoms with Crippen LogP contribution in [0.15, 0.2) is 30.6 Å². The molecular weight excluding hydrogens is 328 g/mol. The number of hydrogen-bond acceptors (Lipinski definition) is 6. The number of aliphatic hydroxyl groups is 1. The topological polar surface area (TPSA) is 61.7 Å². The second-order valence-electron chi connectivity index (χ2n) is 6.81. The molecule has 1 fully saturated rings. The van der Waals surface area contributed by atoms with Crippen LogP contribution < -0.4 is 9.64 Å². The van der Waals surface area contributed by atoms with Gasteiger partial charge in [-0.1, -0.05) is 6.07 Å². The fourth-order valence-corrected chi connectivity index (χ4v) is 3.62. The van der Waals surface area contributed by atoms with Gasteiger partial charge in [0.2, 0.25) is 5.95 Å². The van der Waals surface area contributed by atoms with E-state index in [9.17, 15) is 5.11 Å². The van der Waals surface area contributed by atoms with E-state index in [4.69, 9.17) is 4.74 Å². The summed E-state index contributed by atoms with van der Waals surface area (Å²) in [7, 11) is 1.71. The first-order valence-corrected chi connectivity index (χ1v) is 9.14. The highest BCUT2D eigenvalue weighted by molar-refractivity contribution is 5.43. The molecule has 6 heteroatoms. The number of methoxy groups -OCH3 is 1. The van der Waals surface area contributed by atoms with Crippen molar-refractivity contribution >= 4 is 5.95 Å². The number of ether oxygens (including phenoxy) is 1. The summed E-state index contributed by atoms with van der Waals surface area (Å²) in [4.78, 5) is 13.4. The fourth-order valence-electron chi connectivity index (χ4n) is 3.62. The lowest BCUT2D eigenvalue weighted by molar-refractivity contribution is 0.134. The van der Waals surface area contributed by atoms with Crippen molar-refractivity contribution in [2.24, 2.45) is 0 Å². The van der Waals surface area contributed by atoms with Crippen LogP contribution in [0.1, 0.15) is 23.1 Å². The second kappa shape index (κ2) is 8.47. The summed E-state index contributed by atoms with van der Waals surface area (Å²) in [6.07, 6.45) is 4.30. The number of piperazine rings is 1. The summed E-state index contributed by atoms with van der Waals surface area (Å²) in [5, 5.41) is 9.53. The van der Waals surface area contributed by atoms with Gasteiger partial charge in [0.1, 0.15) is 5.75 Å². The molecule has 0 saturated carbocycles. The van der Waals surface area contributed by atoms with E-state index in [1.165, 1.54) is 16.7 Å². The van der Waals surface area contributed by atoms with Gasteiger partial charge in [0.25, 0.3) is 0 Å². The van der Waals surface area contributed by atoms with Gasteiger partial charge < -0.3 is 14.7 Å². The summed E-state index contributed by atoms with van der Waals surface area (Å²) in [6.45, 7) is 7.97. The van der Waals surface area contributed by atoms with Gasteiger partial charge >= 0.3 is 0 Å². The number of hydrogen-bond donors (Lipinski definition) is 1. The third kappa shape index (κ3) is 3.97. The van der Waals surface area contributed by atoms with Gasteiger partial charge in [-0.3, -0.25) is 4.90 Å². The Bertz CT molecular complexity index is 723. The zero-order valence-corrected chi connectivity index (χ0v) is 15.9. The molecule has 2 heterocycles. The molecule has 1 saturated heterocycles. The Morgan fingerprint density at radius 1 is 1.15 bits per heavy atom. The smallest absolute Gasteiger partial charge is 0.225 e.